The first-order valence-corrected chi connectivity index (χ1v) is 11.5. The fraction of sp³-hybridized carbons (Fsp3) is 1.00. The van der Waals surface area contributed by atoms with Gasteiger partial charge in [-0.15, -0.1) is 0 Å². The fourth-order valence-corrected chi connectivity index (χ4v) is 3.98. The lowest BCUT2D eigenvalue weighted by atomic mass is 10.3. The standard InChI is InChI=1S/C14H31O9PS/c1-12(2)22-24(15,23-13(3)4)11-20-14(9-19-10-18-5)7-8-21-25(6,16)17/h12-14H,7-11H2,1-6H3. The summed E-state index contributed by atoms with van der Waals surface area (Å²) in [6, 6.07) is 0. The Morgan fingerprint density at radius 1 is 1.04 bits per heavy atom. The average molecular weight is 406 g/mol. The summed E-state index contributed by atoms with van der Waals surface area (Å²) in [5.41, 5.74) is 0. The number of hydrogen-bond donors (Lipinski definition) is 0. The van der Waals surface area contributed by atoms with E-state index in [-0.39, 0.29) is 45.0 Å². The highest BCUT2D eigenvalue weighted by Gasteiger charge is 2.29. The van der Waals surface area contributed by atoms with Crippen molar-refractivity contribution in [3.63, 3.8) is 0 Å². The third kappa shape index (κ3) is 14.8. The van der Waals surface area contributed by atoms with Crippen LogP contribution in [0.5, 0.6) is 0 Å². The summed E-state index contributed by atoms with van der Waals surface area (Å²) >= 11 is 0. The van der Waals surface area contributed by atoms with Gasteiger partial charge in [0.25, 0.3) is 10.1 Å². The van der Waals surface area contributed by atoms with Gasteiger partial charge in [0.05, 0.1) is 37.8 Å². The second-order valence-electron chi connectivity index (χ2n) is 5.93. The van der Waals surface area contributed by atoms with Crippen LogP contribution in [0.4, 0.5) is 0 Å². The molecular formula is C14H31O9PS. The third-order valence-corrected chi connectivity index (χ3v) is 5.00. The van der Waals surface area contributed by atoms with Crippen molar-refractivity contribution in [1.29, 1.82) is 0 Å². The summed E-state index contributed by atoms with van der Waals surface area (Å²) in [6.07, 6.45) is -0.249. The Bertz CT molecular complexity index is 479. The second-order valence-corrected chi connectivity index (χ2v) is 9.47. The maximum Gasteiger partial charge on any atom is 0.356 e. The van der Waals surface area contributed by atoms with E-state index in [1.807, 2.05) is 0 Å². The minimum Gasteiger partial charge on any atom is -0.363 e. The first kappa shape index (κ1) is 24.9. The third-order valence-electron chi connectivity index (χ3n) is 2.45. The Kier molecular flexibility index (Phi) is 12.3. The molecule has 1 unspecified atom stereocenters. The van der Waals surface area contributed by atoms with E-state index in [1.165, 1.54) is 7.11 Å². The Morgan fingerprint density at radius 2 is 1.60 bits per heavy atom. The summed E-state index contributed by atoms with van der Waals surface area (Å²) in [5.74, 6) is 0. The van der Waals surface area contributed by atoms with Crippen LogP contribution in [0.3, 0.4) is 0 Å². The van der Waals surface area contributed by atoms with Crippen LogP contribution in [0.25, 0.3) is 0 Å². The average Bonchev–Trinajstić information content (AvgIpc) is 2.41. The van der Waals surface area contributed by atoms with Crippen molar-refractivity contribution < 1.29 is 40.4 Å². The normalized spacial score (nSPS) is 14.4. The van der Waals surface area contributed by atoms with Gasteiger partial charge in [-0.1, -0.05) is 0 Å². The molecule has 0 aliphatic heterocycles. The molecule has 0 saturated carbocycles. The van der Waals surface area contributed by atoms with E-state index in [4.69, 9.17) is 27.4 Å². The van der Waals surface area contributed by atoms with Gasteiger partial charge in [0.15, 0.2) is 0 Å². The molecule has 0 aromatic carbocycles. The minimum atomic E-state index is -3.55. The van der Waals surface area contributed by atoms with Gasteiger partial charge in [0.2, 0.25) is 0 Å². The topological polar surface area (TPSA) is 107 Å². The smallest absolute Gasteiger partial charge is 0.356 e. The molecule has 0 amide bonds. The van der Waals surface area contributed by atoms with Crippen LogP contribution in [-0.2, 0) is 42.1 Å². The zero-order chi connectivity index (χ0) is 19.5. The van der Waals surface area contributed by atoms with Gasteiger partial charge in [0.1, 0.15) is 13.1 Å². The first-order valence-electron chi connectivity index (χ1n) is 7.96. The van der Waals surface area contributed by atoms with Gasteiger partial charge in [0, 0.05) is 13.5 Å². The van der Waals surface area contributed by atoms with Crippen LogP contribution in [0.15, 0.2) is 0 Å². The molecule has 0 N–H and O–H groups in total. The molecule has 0 rings (SSSR count). The van der Waals surface area contributed by atoms with E-state index >= 15 is 0 Å². The molecule has 0 aromatic rings. The van der Waals surface area contributed by atoms with Crippen molar-refractivity contribution in [2.75, 3.05) is 39.7 Å². The van der Waals surface area contributed by atoms with E-state index in [2.05, 4.69) is 0 Å². The number of hydrogen-bond acceptors (Lipinski definition) is 9. The molecule has 25 heavy (non-hydrogen) atoms. The van der Waals surface area contributed by atoms with Crippen molar-refractivity contribution in [2.45, 2.75) is 52.4 Å². The van der Waals surface area contributed by atoms with Gasteiger partial charge in [-0.3, -0.25) is 8.75 Å². The Hall–Kier alpha value is -0.0600. The van der Waals surface area contributed by atoms with Crippen LogP contribution in [-0.4, -0.2) is 66.4 Å². The molecule has 1 atom stereocenters. The van der Waals surface area contributed by atoms with Crippen molar-refractivity contribution in [3.05, 3.63) is 0 Å². The largest absolute Gasteiger partial charge is 0.363 e. The SMILES string of the molecule is COCOCC(CCOS(C)(=O)=O)OCP(=O)(OC(C)C)OC(C)C. The second kappa shape index (κ2) is 12.3. The van der Waals surface area contributed by atoms with Crippen LogP contribution in [0.2, 0.25) is 0 Å². The molecule has 0 heterocycles. The van der Waals surface area contributed by atoms with Gasteiger partial charge in [-0.05, 0) is 27.7 Å². The van der Waals surface area contributed by atoms with Crippen molar-refractivity contribution in [3.8, 4) is 0 Å². The van der Waals surface area contributed by atoms with E-state index in [9.17, 15) is 13.0 Å². The molecule has 11 heteroatoms. The van der Waals surface area contributed by atoms with Gasteiger partial charge in [-0.25, -0.2) is 0 Å². The fourth-order valence-electron chi connectivity index (χ4n) is 1.73. The zero-order valence-electron chi connectivity index (χ0n) is 15.8. The molecule has 0 aromatic heterocycles. The number of methoxy groups -OCH3 is 1. The lowest BCUT2D eigenvalue weighted by molar-refractivity contribution is -0.0787. The van der Waals surface area contributed by atoms with Crippen LogP contribution in [0.1, 0.15) is 34.1 Å². The van der Waals surface area contributed by atoms with E-state index < -0.39 is 23.8 Å². The molecule has 0 aliphatic rings. The molecule has 0 bridgehead atoms. The lowest BCUT2D eigenvalue weighted by Crippen LogP contribution is -2.25. The quantitative estimate of drug-likeness (QED) is 0.175. The van der Waals surface area contributed by atoms with Crippen LogP contribution in [0, 0.1) is 0 Å². The minimum absolute atomic E-state index is 0.0510. The summed E-state index contributed by atoms with van der Waals surface area (Å²) < 4.78 is 65.9. The van der Waals surface area contributed by atoms with E-state index in [0.717, 1.165) is 6.26 Å². The van der Waals surface area contributed by atoms with Crippen LogP contribution < -0.4 is 0 Å². The zero-order valence-corrected chi connectivity index (χ0v) is 17.5. The Labute approximate surface area is 150 Å². The first-order chi connectivity index (χ1) is 11.5. The molecule has 152 valence electrons. The van der Waals surface area contributed by atoms with Crippen LogP contribution >= 0.6 is 7.60 Å². The van der Waals surface area contributed by atoms with E-state index in [0.29, 0.717) is 0 Å². The van der Waals surface area contributed by atoms with Gasteiger partial charge in [-0.2, -0.15) is 8.42 Å². The molecule has 0 fully saturated rings. The molecule has 0 radical (unpaired) electrons. The molecule has 0 saturated heterocycles. The summed E-state index contributed by atoms with van der Waals surface area (Å²) in [5, 5.41) is 0. The predicted octanol–water partition coefficient (Wildman–Crippen LogP) is 2.36. The molecular weight excluding hydrogens is 375 g/mol. The van der Waals surface area contributed by atoms with Crippen molar-refractivity contribution in [1.82, 2.24) is 0 Å². The molecule has 0 aliphatic carbocycles. The van der Waals surface area contributed by atoms with Crippen molar-refractivity contribution >= 4 is 17.7 Å². The predicted molar refractivity (Wildman–Crippen MR) is 93.0 cm³/mol. The summed E-state index contributed by atoms with van der Waals surface area (Å²) in [4.78, 5) is 0. The Balaban J connectivity index is 4.73. The molecule has 9 nitrogen and oxygen atoms in total. The maximum atomic E-state index is 12.7. The highest BCUT2D eigenvalue weighted by Crippen LogP contribution is 2.50. The van der Waals surface area contributed by atoms with Gasteiger partial charge < -0.3 is 23.3 Å². The highest BCUT2D eigenvalue weighted by atomic mass is 32.2. The monoisotopic (exact) mass is 406 g/mol. The van der Waals surface area contributed by atoms with Crippen molar-refractivity contribution in [2.24, 2.45) is 0 Å². The summed E-state index contributed by atoms with van der Waals surface area (Å²) in [6.45, 7) is 7.07. The maximum absolute atomic E-state index is 12.7. The number of rotatable bonds is 15. The Morgan fingerprint density at radius 3 is 2.04 bits per heavy atom. The van der Waals surface area contributed by atoms with Gasteiger partial charge >= 0.3 is 7.60 Å². The summed E-state index contributed by atoms with van der Waals surface area (Å²) in [7, 11) is -5.53. The highest BCUT2D eigenvalue weighted by molar-refractivity contribution is 7.85. The lowest BCUT2D eigenvalue weighted by Gasteiger charge is -2.25. The number of ether oxygens (including phenoxy) is 3. The van der Waals surface area contributed by atoms with E-state index in [1.54, 1.807) is 27.7 Å². The molecule has 0 spiro atoms.